The van der Waals surface area contributed by atoms with Gasteiger partial charge in [0, 0.05) is 17.0 Å². The molecule has 0 aliphatic carbocycles. The van der Waals surface area contributed by atoms with Crippen LogP contribution in [0.5, 0.6) is 0 Å². The second-order valence-electron chi connectivity index (χ2n) is 5.07. The van der Waals surface area contributed by atoms with Crippen molar-refractivity contribution in [1.82, 2.24) is 0 Å². The van der Waals surface area contributed by atoms with Gasteiger partial charge in [-0.25, -0.2) is 4.39 Å². The maximum atomic E-state index is 14.1. The van der Waals surface area contributed by atoms with E-state index in [-0.39, 0.29) is 11.5 Å². The van der Waals surface area contributed by atoms with Gasteiger partial charge in [-0.3, -0.25) is 10.1 Å². The van der Waals surface area contributed by atoms with E-state index in [4.69, 9.17) is 0 Å². The SMILES string of the molecule is CCSc1cc(CCc2cccc([N+](=O)[O-])c2)c(F)cc1C. The minimum Gasteiger partial charge on any atom is -0.258 e. The van der Waals surface area contributed by atoms with Crippen molar-refractivity contribution in [2.75, 3.05) is 5.75 Å². The second kappa shape index (κ2) is 7.40. The molecule has 0 unspecified atom stereocenters. The first-order chi connectivity index (χ1) is 10.5. The molecular weight excluding hydrogens is 301 g/mol. The van der Waals surface area contributed by atoms with E-state index >= 15 is 0 Å². The first-order valence-corrected chi connectivity index (χ1v) is 8.15. The van der Waals surface area contributed by atoms with E-state index in [1.54, 1.807) is 30.0 Å². The van der Waals surface area contributed by atoms with Crippen LogP contribution in [0, 0.1) is 22.9 Å². The lowest BCUT2D eigenvalue weighted by Crippen LogP contribution is -1.98. The van der Waals surface area contributed by atoms with Crippen LogP contribution in [0.15, 0.2) is 41.3 Å². The van der Waals surface area contributed by atoms with Crippen LogP contribution in [0.4, 0.5) is 10.1 Å². The standard InChI is InChI=1S/C17H18FNO2S/c1-3-22-17-11-14(16(18)9-12(17)2)8-7-13-5-4-6-15(10-13)19(20)21/h4-6,9-11H,3,7-8H2,1-2H3. The van der Waals surface area contributed by atoms with Crippen molar-refractivity contribution < 1.29 is 9.31 Å². The van der Waals surface area contributed by atoms with Crippen LogP contribution < -0.4 is 0 Å². The minimum atomic E-state index is -0.411. The van der Waals surface area contributed by atoms with Crippen molar-refractivity contribution in [2.45, 2.75) is 31.6 Å². The minimum absolute atomic E-state index is 0.0732. The molecule has 5 heteroatoms. The molecule has 0 amide bonds. The fourth-order valence-electron chi connectivity index (χ4n) is 2.30. The summed E-state index contributed by atoms with van der Waals surface area (Å²) in [5, 5.41) is 10.8. The van der Waals surface area contributed by atoms with Crippen LogP contribution in [0.3, 0.4) is 0 Å². The Kier molecular flexibility index (Phi) is 5.55. The van der Waals surface area contributed by atoms with Gasteiger partial charge < -0.3 is 0 Å². The lowest BCUT2D eigenvalue weighted by Gasteiger charge is -2.09. The van der Waals surface area contributed by atoms with E-state index in [1.807, 2.05) is 19.1 Å². The van der Waals surface area contributed by atoms with E-state index < -0.39 is 4.92 Å². The molecule has 0 aromatic heterocycles. The summed E-state index contributed by atoms with van der Waals surface area (Å²) in [4.78, 5) is 11.5. The van der Waals surface area contributed by atoms with Crippen molar-refractivity contribution in [3.05, 3.63) is 69.0 Å². The second-order valence-corrected chi connectivity index (χ2v) is 6.37. The summed E-state index contributed by atoms with van der Waals surface area (Å²) >= 11 is 1.70. The molecule has 0 N–H and O–H groups in total. The zero-order valence-electron chi connectivity index (χ0n) is 12.6. The van der Waals surface area contributed by atoms with Gasteiger partial charge in [0.15, 0.2) is 0 Å². The predicted molar refractivity (Wildman–Crippen MR) is 88.0 cm³/mol. The molecule has 0 saturated heterocycles. The van der Waals surface area contributed by atoms with E-state index in [2.05, 4.69) is 6.92 Å². The van der Waals surface area contributed by atoms with Gasteiger partial charge in [0.2, 0.25) is 0 Å². The molecule has 2 aromatic carbocycles. The highest BCUT2D eigenvalue weighted by Crippen LogP contribution is 2.26. The molecule has 0 atom stereocenters. The highest BCUT2D eigenvalue weighted by molar-refractivity contribution is 7.99. The maximum absolute atomic E-state index is 14.1. The number of rotatable bonds is 6. The highest BCUT2D eigenvalue weighted by atomic mass is 32.2. The summed E-state index contributed by atoms with van der Waals surface area (Å²) in [6.45, 7) is 3.97. The molecule has 0 aliphatic rings. The Hall–Kier alpha value is -1.88. The average molecular weight is 319 g/mol. The van der Waals surface area contributed by atoms with Gasteiger partial charge in [-0.2, -0.15) is 0 Å². The lowest BCUT2D eigenvalue weighted by molar-refractivity contribution is -0.384. The number of benzene rings is 2. The van der Waals surface area contributed by atoms with Crippen LogP contribution in [-0.2, 0) is 12.8 Å². The van der Waals surface area contributed by atoms with Gasteiger partial charge in [0.1, 0.15) is 5.82 Å². The number of non-ortho nitro benzene ring substituents is 1. The molecule has 0 aliphatic heterocycles. The van der Waals surface area contributed by atoms with Crippen molar-refractivity contribution in [1.29, 1.82) is 0 Å². The number of thioether (sulfide) groups is 1. The first kappa shape index (κ1) is 16.5. The molecular formula is C17H18FNO2S. The van der Waals surface area contributed by atoms with Crippen LogP contribution in [0.1, 0.15) is 23.6 Å². The molecule has 3 nitrogen and oxygen atoms in total. The predicted octanol–water partition coefficient (Wildman–Crippen LogP) is 4.94. The summed E-state index contributed by atoms with van der Waals surface area (Å²) in [6.07, 6.45) is 1.11. The normalized spacial score (nSPS) is 10.7. The number of aryl methyl sites for hydroxylation is 3. The number of nitro groups is 1. The van der Waals surface area contributed by atoms with Crippen molar-refractivity contribution in [2.24, 2.45) is 0 Å². The molecule has 0 saturated carbocycles. The molecule has 0 heterocycles. The molecule has 0 spiro atoms. The lowest BCUT2D eigenvalue weighted by atomic mass is 10.0. The number of hydrogen-bond donors (Lipinski definition) is 0. The topological polar surface area (TPSA) is 43.1 Å². The summed E-state index contributed by atoms with van der Waals surface area (Å²) in [7, 11) is 0. The summed E-state index contributed by atoms with van der Waals surface area (Å²) in [6, 6.07) is 9.98. The van der Waals surface area contributed by atoms with Gasteiger partial charge in [0.25, 0.3) is 5.69 Å². The van der Waals surface area contributed by atoms with Gasteiger partial charge in [-0.05, 0) is 54.3 Å². The Morgan fingerprint density at radius 1 is 1.23 bits per heavy atom. The van der Waals surface area contributed by atoms with Crippen molar-refractivity contribution in [3.63, 3.8) is 0 Å². The number of nitrogens with zero attached hydrogens (tertiary/aromatic N) is 1. The maximum Gasteiger partial charge on any atom is 0.269 e. The first-order valence-electron chi connectivity index (χ1n) is 7.16. The Morgan fingerprint density at radius 2 is 2.00 bits per heavy atom. The zero-order valence-corrected chi connectivity index (χ0v) is 13.5. The molecule has 2 rings (SSSR count). The van der Waals surface area contributed by atoms with Gasteiger partial charge in [-0.15, -0.1) is 11.8 Å². The quantitative estimate of drug-likeness (QED) is 0.430. The summed E-state index contributed by atoms with van der Waals surface area (Å²) < 4.78 is 14.1. The van der Waals surface area contributed by atoms with Gasteiger partial charge in [0.05, 0.1) is 4.92 Å². The smallest absolute Gasteiger partial charge is 0.258 e. The summed E-state index contributed by atoms with van der Waals surface area (Å²) in [5.41, 5.74) is 2.53. The monoisotopic (exact) mass is 319 g/mol. The number of hydrogen-bond acceptors (Lipinski definition) is 3. The van der Waals surface area contributed by atoms with Gasteiger partial charge >= 0.3 is 0 Å². The van der Waals surface area contributed by atoms with E-state index in [0.29, 0.717) is 18.4 Å². The third kappa shape index (κ3) is 4.07. The van der Waals surface area contributed by atoms with E-state index in [1.165, 1.54) is 6.07 Å². The Morgan fingerprint density at radius 3 is 2.68 bits per heavy atom. The Labute approximate surface area is 133 Å². The molecule has 22 heavy (non-hydrogen) atoms. The van der Waals surface area contributed by atoms with Crippen LogP contribution >= 0.6 is 11.8 Å². The molecule has 0 bridgehead atoms. The highest BCUT2D eigenvalue weighted by Gasteiger charge is 2.10. The molecule has 0 fully saturated rings. The number of halogens is 1. The van der Waals surface area contributed by atoms with E-state index in [9.17, 15) is 14.5 Å². The zero-order chi connectivity index (χ0) is 16.1. The summed E-state index contributed by atoms with van der Waals surface area (Å²) in [5.74, 6) is 0.736. The van der Waals surface area contributed by atoms with Crippen molar-refractivity contribution >= 4 is 17.4 Å². The Bertz CT molecular complexity index is 688. The fraction of sp³-hybridized carbons (Fsp3) is 0.294. The number of nitro benzene ring substituents is 1. The molecule has 2 aromatic rings. The largest absolute Gasteiger partial charge is 0.269 e. The third-order valence-electron chi connectivity index (χ3n) is 3.45. The fourth-order valence-corrected chi connectivity index (χ4v) is 3.13. The van der Waals surface area contributed by atoms with E-state index in [0.717, 1.165) is 21.8 Å². The third-order valence-corrected chi connectivity index (χ3v) is 4.49. The van der Waals surface area contributed by atoms with Gasteiger partial charge in [-0.1, -0.05) is 19.1 Å². The Balaban J connectivity index is 2.16. The van der Waals surface area contributed by atoms with Crippen LogP contribution in [-0.4, -0.2) is 10.7 Å². The average Bonchev–Trinajstić information content (AvgIpc) is 2.49. The molecule has 0 radical (unpaired) electrons. The van der Waals surface area contributed by atoms with Crippen LogP contribution in [0.2, 0.25) is 0 Å². The van der Waals surface area contributed by atoms with Crippen LogP contribution in [0.25, 0.3) is 0 Å². The van der Waals surface area contributed by atoms with Crippen molar-refractivity contribution in [3.8, 4) is 0 Å². The molecule has 116 valence electrons.